The van der Waals surface area contributed by atoms with Crippen molar-refractivity contribution in [3.63, 3.8) is 0 Å². The van der Waals surface area contributed by atoms with Gasteiger partial charge in [0, 0.05) is 31.1 Å². The normalized spacial score (nSPS) is 12.7. The standard InChI is InChI=1S/C16H31N5O.HI/c1-15(2,3)12-10-19-13(22-12)11-20-14(17-7)18-8-9-21-16(4,5)6;/h10,21H,8-9,11H2,1-7H3,(H2,17,18,20);1H. The Labute approximate surface area is 157 Å². The van der Waals surface area contributed by atoms with Gasteiger partial charge in [0.1, 0.15) is 5.76 Å². The first-order valence-corrected chi connectivity index (χ1v) is 7.76. The van der Waals surface area contributed by atoms with Gasteiger partial charge in [-0.3, -0.25) is 4.99 Å². The van der Waals surface area contributed by atoms with E-state index in [2.05, 4.69) is 67.5 Å². The molecule has 0 aliphatic carbocycles. The Balaban J connectivity index is 0.00000484. The van der Waals surface area contributed by atoms with E-state index in [1.807, 2.05) is 0 Å². The fourth-order valence-electron chi connectivity index (χ4n) is 1.74. The predicted molar refractivity (Wildman–Crippen MR) is 107 cm³/mol. The number of aromatic nitrogens is 1. The van der Waals surface area contributed by atoms with Crippen LogP contribution in [0.2, 0.25) is 0 Å². The third-order valence-corrected chi connectivity index (χ3v) is 3.00. The largest absolute Gasteiger partial charge is 0.443 e. The van der Waals surface area contributed by atoms with Crippen LogP contribution in [0.25, 0.3) is 0 Å². The lowest BCUT2D eigenvalue weighted by atomic mass is 9.94. The molecule has 0 aliphatic heterocycles. The van der Waals surface area contributed by atoms with Gasteiger partial charge in [-0.2, -0.15) is 0 Å². The van der Waals surface area contributed by atoms with Gasteiger partial charge in [0.15, 0.2) is 5.96 Å². The van der Waals surface area contributed by atoms with Crippen LogP contribution in [0.4, 0.5) is 0 Å². The molecule has 134 valence electrons. The van der Waals surface area contributed by atoms with E-state index in [1.54, 1.807) is 13.2 Å². The molecule has 1 aromatic heterocycles. The minimum atomic E-state index is -0.0240. The number of nitrogens with zero attached hydrogens (tertiary/aromatic N) is 2. The summed E-state index contributed by atoms with van der Waals surface area (Å²) in [5, 5.41) is 9.88. The molecule has 0 bridgehead atoms. The number of nitrogens with one attached hydrogen (secondary N) is 3. The van der Waals surface area contributed by atoms with Gasteiger partial charge in [-0.05, 0) is 20.8 Å². The lowest BCUT2D eigenvalue weighted by molar-refractivity contribution is 0.379. The third kappa shape index (κ3) is 9.14. The summed E-state index contributed by atoms with van der Waals surface area (Å²) in [5.74, 6) is 2.30. The molecule has 0 fully saturated rings. The molecule has 0 radical (unpaired) electrons. The fraction of sp³-hybridized carbons (Fsp3) is 0.750. The van der Waals surface area contributed by atoms with E-state index in [0.29, 0.717) is 12.4 Å². The first-order valence-electron chi connectivity index (χ1n) is 7.76. The number of oxazole rings is 1. The van der Waals surface area contributed by atoms with Crippen LogP contribution in [-0.2, 0) is 12.0 Å². The van der Waals surface area contributed by atoms with Crippen molar-refractivity contribution in [3.05, 3.63) is 17.8 Å². The molecular weight excluding hydrogens is 405 g/mol. The summed E-state index contributed by atoms with van der Waals surface area (Å²) in [6.45, 7) is 14.9. The van der Waals surface area contributed by atoms with E-state index in [1.165, 1.54) is 0 Å². The maximum absolute atomic E-state index is 5.74. The van der Waals surface area contributed by atoms with Crippen molar-refractivity contribution < 1.29 is 4.42 Å². The van der Waals surface area contributed by atoms with E-state index in [-0.39, 0.29) is 34.9 Å². The SMILES string of the molecule is CN=C(NCCNC(C)(C)C)NCc1ncc(C(C)(C)C)o1.I. The molecule has 0 aromatic carbocycles. The number of hydrogen-bond donors (Lipinski definition) is 3. The summed E-state index contributed by atoms with van der Waals surface area (Å²) in [6.07, 6.45) is 1.79. The zero-order chi connectivity index (χ0) is 16.8. The van der Waals surface area contributed by atoms with Gasteiger partial charge in [-0.1, -0.05) is 20.8 Å². The van der Waals surface area contributed by atoms with Crippen molar-refractivity contribution in [2.45, 2.75) is 59.0 Å². The van der Waals surface area contributed by atoms with Crippen LogP contribution >= 0.6 is 24.0 Å². The highest BCUT2D eigenvalue weighted by molar-refractivity contribution is 14.0. The summed E-state index contributed by atoms with van der Waals surface area (Å²) in [4.78, 5) is 8.48. The number of halogens is 1. The second-order valence-corrected chi connectivity index (χ2v) is 7.40. The van der Waals surface area contributed by atoms with Crippen LogP contribution in [0.1, 0.15) is 53.2 Å². The average Bonchev–Trinajstić information content (AvgIpc) is 2.85. The molecule has 0 spiro atoms. The van der Waals surface area contributed by atoms with E-state index < -0.39 is 0 Å². The monoisotopic (exact) mass is 437 g/mol. The van der Waals surface area contributed by atoms with Gasteiger partial charge >= 0.3 is 0 Å². The van der Waals surface area contributed by atoms with Crippen molar-refractivity contribution in [2.24, 2.45) is 4.99 Å². The van der Waals surface area contributed by atoms with Crippen LogP contribution < -0.4 is 16.0 Å². The number of guanidine groups is 1. The minimum absolute atomic E-state index is 0. The molecule has 0 saturated carbocycles. The molecule has 0 amide bonds. The summed E-state index contributed by atoms with van der Waals surface area (Å²) in [7, 11) is 1.75. The molecular formula is C16H32IN5O. The second kappa shape index (κ2) is 9.46. The van der Waals surface area contributed by atoms with Crippen molar-refractivity contribution in [3.8, 4) is 0 Å². The molecule has 1 aromatic rings. The molecule has 0 saturated heterocycles. The number of aliphatic imine (C=N–C) groups is 1. The zero-order valence-electron chi connectivity index (χ0n) is 15.4. The Morgan fingerprint density at radius 3 is 2.26 bits per heavy atom. The average molecular weight is 437 g/mol. The van der Waals surface area contributed by atoms with E-state index in [9.17, 15) is 0 Å². The van der Waals surface area contributed by atoms with Gasteiger partial charge in [0.2, 0.25) is 5.89 Å². The Kier molecular flexibility index (Phi) is 9.12. The molecule has 0 unspecified atom stereocenters. The van der Waals surface area contributed by atoms with Gasteiger partial charge in [-0.15, -0.1) is 24.0 Å². The van der Waals surface area contributed by atoms with E-state index >= 15 is 0 Å². The van der Waals surface area contributed by atoms with Crippen molar-refractivity contribution in [1.82, 2.24) is 20.9 Å². The van der Waals surface area contributed by atoms with Gasteiger partial charge in [0.25, 0.3) is 0 Å². The summed E-state index contributed by atoms with van der Waals surface area (Å²) < 4.78 is 5.74. The summed E-state index contributed by atoms with van der Waals surface area (Å²) in [5.41, 5.74) is 0.101. The van der Waals surface area contributed by atoms with Gasteiger partial charge in [0.05, 0.1) is 12.7 Å². The quantitative estimate of drug-likeness (QED) is 0.286. The fourth-order valence-corrected chi connectivity index (χ4v) is 1.74. The maximum Gasteiger partial charge on any atom is 0.213 e. The highest BCUT2D eigenvalue weighted by Gasteiger charge is 2.19. The van der Waals surface area contributed by atoms with Gasteiger partial charge in [-0.25, -0.2) is 4.98 Å². The first kappa shape index (κ1) is 22.2. The van der Waals surface area contributed by atoms with E-state index in [4.69, 9.17) is 4.42 Å². The highest BCUT2D eigenvalue weighted by Crippen LogP contribution is 2.22. The topological polar surface area (TPSA) is 74.5 Å². The molecule has 0 atom stereocenters. The molecule has 7 heteroatoms. The van der Waals surface area contributed by atoms with Crippen molar-refractivity contribution >= 4 is 29.9 Å². The lowest BCUT2D eigenvalue weighted by Crippen LogP contribution is -2.44. The van der Waals surface area contributed by atoms with Crippen LogP contribution in [0.3, 0.4) is 0 Å². The number of hydrogen-bond acceptors (Lipinski definition) is 4. The maximum atomic E-state index is 5.74. The Morgan fingerprint density at radius 1 is 1.13 bits per heavy atom. The predicted octanol–water partition coefficient (Wildman–Crippen LogP) is 2.64. The number of rotatable bonds is 5. The second-order valence-electron chi connectivity index (χ2n) is 7.40. The van der Waals surface area contributed by atoms with E-state index in [0.717, 1.165) is 24.8 Å². The van der Waals surface area contributed by atoms with Gasteiger partial charge < -0.3 is 20.4 Å². The van der Waals surface area contributed by atoms with Crippen LogP contribution in [0, 0.1) is 0 Å². The molecule has 1 heterocycles. The Morgan fingerprint density at radius 2 is 1.78 bits per heavy atom. The van der Waals surface area contributed by atoms with Crippen LogP contribution in [-0.4, -0.2) is 36.6 Å². The molecule has 23 heavy (non-hydrogen) atoms. The smallest absolute Gasteiger partial charge is 0.213 e. The molecule has 0 aliphatic rings. The van der Waals surface area contributed by atoms with Crippen molar-refractivity contribution in [1.29, 1.82) is 0 Å². The highest BCUT2D eigenvalue weighted by atomic mass is 127. The zero-order valence-corrected chi connectivity index (χ0v) is 17.7. The summed E-state index contributed by atoms with van der Waals surface area (Å²) >= 11 is 0. The Bertz CT molecular complexity index is 485. The molecule has 3 N–H and O–H groups in total. The minimum Gasteiger partial charge on any atom is -0.443 e. The third-order valence-electron chi connectivity index (χ3n) is 3.00. The molecule has 1 rings (SSSR count). The van der Waals surface area contributed by atoms with Crippen molar-refractivity contribution in [2.75, 3.05) is 20.1 Å². The summed E-state index contributed by atoms with van der Waals surface area (Å²) in [6, 6.07) is 0. The first-order chi connectivity index (χ1) is 10.1. The Hall–Kier alpha value is -0.830. The van der Waals surface area contributed by atoms with Crippen LogP contribution in [0.5, 0.6) is 0 Å². The van der Waals surface area contributed by atoms with Crippen LogP contribution in [0.15, 0.2) is 15.6 Å². The lowest BCUT2D eigenvalue weighted by Gasteiger charge is -2.21. The molecule has 6 nitrogen and oxygen atoms in total.